The lowest BCUT2D eigenvalue weighted by molar-refractivity contribution is -0.115. The molecule has 1 saturated heterocycles. The molecule has 0 aliphatic carbocycles. The van der Waals surface area contributed by atoms with Crippen molar-refractivity contribution in [1.29, 1.82) is 0 Å². The number of morpholine rings is 1. The maximum absolute atomic E-state index is 13.0. The second-order valence-electron chi connectivity index (χ2n) is 9.15. The topological polar surface area (TPSA) is 102 Å². The van der Waals surface area contributed by atoms with Gasteiger partial charge in [-0.2, -0.15) is 5.10 Å². The third kappa shape index (κ3) is 4.94. The number of anilines is 4. The SMILES string of the molecule is Cn1nccc1Nc1ccc(-n2cc(CC(=O)Nc3ccc(N4CCOCC4)cc3)c3ccccc32)nn1. The summed E-state index contributed by atoms with van der Waals surface area (Å²) in [5, 5.41) is 20.1. The molecule has 1 amide bonds. The molecule has 1 fully saturated rings. The predicted molar refractivity (Wildman–Crippen MR) is 147 cm³/mol. The molecule has 1 aliphatic rings. The second-order valence-corrected chi connectivity index (χ2v) is 9.15. The number of benzene rings is 2. The monoisotopic (exact) mass is 508 g/mol. The standard InChI is InChI=1S/C28H28N8O2/c1-34-26(12-13-29-34)31-25-10-11-27(33-32-25)36-19-20(23-4-2-3-5-24(23)36)18-28(37)30-21-6-8-22(9-7-21)35-14-16-38-17-15-35/h2-13,19H,14-18H2,1H3,(H,30,37)(H,31,32). The Morgan fingerprint density at radius 3 is 2.53 bits per heavy atom. The van der Waals surface area contributed by atoms with E-state index in [1.807, 2.05) is 84.5 Å². The van der Waals surface area contributed by atoms with E-state index >= 15 is 0 Å². The summed E-state index contributed by atoms with van der Waals surface area (Å²) < 4.78 is 9.12. The molecule has 0 spiro atoms. The molecule has 0 radical (unpaired) electrons. The highest BCUT2D eigenvalue weighted by molar-refractivity contribution is 5.96. The van der Waals surface area contributed by atoms with Crippen LogP contribution in [0.4, 0.5) is 23.0 Å². The van der Waals surface area contributed by atoms with Gasteiger partial charge in [0, 0.05) is 49.2 Å². The predicted octanol–water partition coefficient (Wildman–Crippen LogP) is 3.92. The van der Waals surface area contributed by atoms with Gasteiger partial charge in [0.25, 0.3) is 0 Å². The fraction of sp³-hybridized carbons (Fsp3) is 0.214. The average molecular weight is 509 g/mol. The third-order valence-corrected chi connectivity index (χ3v) is 6.65. The quantitative estimate of drug-likeness (QED) is 0.344. The van der Waals surface area contributed by atoms with Gasteiger partial charge in [0.15, 0.2) is 11.6 Å². The van der Waals surface area contributed by atoms with Crippen LogP contribution in [-0.4, -0.2) is 56.8 Å². The highest BCUT2D eigenvalue weighted by Crippen LogP contribution is 2.26. The molecule has 5 aromatic rings. The molecule has 2 N–H and O–H groups in total. The van der Waals surface area contributed by atoms with Crippen LogP contribution in [0.5, 0.6) is 0 Å². The number of para-hydroxylation sites is 1. The zero-order chi connectivity index (χ0) is 25.9. The normalized spacial score (nSPS) is 13.6. The Balaban J connectivity index is 1.18. The van der Waals surface area contributed by atoms with E-state index in [4.69, 9.17) is 4.74 Å². The van der Waals surface area contributed by atoms with Gasteiger partial charge in [0.1, 0.15) is 5.82 Å². The summed E-state index contributed by atoms with van der Waals surface area (Å²) in [4.78, 5) is 15.3. The Hall–Kier alpha value is -4.70. The van der Waals surface area contributed by atoms with Gasteiger partial charge in [0.05, 0.1) is 31.3 Å². The number of nitrogens with one attached hydrogen (secondary N) is 2. The lowest BCUT2D eigenvalue weighted by Crippen LogP contribution is -2.36. The summed E-state index contributed by atoms with van der Waals surface area (Å²) in [5.74, 6) is 2.03. The molecular weight excluding hydrogens is 480 g/mol. The van der Waals surface area contributed by atoms with Crippen LogP contribution < -0.4 is 15.5 Å². The Kier molecular flexibility index (Phi) is 6.45. The Morgan fingerprint density at radius 1 is 0.974 bits per heavy atom. The Labute approximate surface area is 219 Å². The van der Waals surface area contributed by atoms with Gasteiger partial charge in [-0.3, -0.25) is 14.0 Å². The summed E-state index contributed by atoms with van der Waals surface area (Å²) in [6.07, 6.45) is 3.92. The van der Waals surface area contributed by atoms with Crippen molar-refractivity contribution in [1.82, 2.24) is 24.5 Å². The number of aromatic nitrogens is 5. The highest BCUT2D eigenvalue weighted by atomic mass is 16.5. The lowest BCUT2D eigenvalue weighted by atomic mass is 10.1. The van der Waals surface area contributed by atoms with Crippen molar-refractivity contribution >= 4 is 39.8 Å². The van der Waals surface area contributed by atoms with Gasteiger partial charge in [0.2, 0.25) is 5.91 Å². The van der Waals surface area contributed by atoms with Crippen molar-refractivity contribution in [3.05, 3.63) is 84.7 Å². The number of carbonyl (C=O) groups is 1. The van der Waals surface area contributed by atoms with E-state index in [1.165, 1.54) is 0 Å². The number of aryl methyl sites for hydroxylation is 1. The summed E-state index contributed by atoms with van der Waals surface area (Å²) in [6.45, 7) is 3.24. The van der Waals surface area contributed by atoms with Gasteiger partial charge >= 0.3 is 0 Å². The maximum Gasteiger partial charge on any atom is 0.228 e. The van der Waals surface area contributed by atoms with Crippen LogP contribution >= 0.6 is 0 Å². The van der Waals surface area contributed by atoms with Gasteiger partial charge in [-0.25, -0.2) is 0 Å². The van der Waals surface area contributed by atoms with Gasteiger partial charge < -0.3 is 20.3 Å². The molecular formula is C28H28N8O2. The van der Waals surface area contributed by atoms with Crippen molar-refractivity contribution in [2.75, 3.05) is 41.8 Å². The van der Waals surface area contributed by atoms with E-state index in [0.717, 1.165) is 60.0 Å². The number of fused-ring (bicyclic) bond motifs is 1. The minimum Gasteiger partial charge on any atom is -0.378 e. The average Bonchev–Trinajstić information content (AvgIpc) is 3.53. The number of carbonyl (C=O) groups excluding carboxylic acids is 1. The van der Waals surface area contributed by atoms with E-state index in [1.54, 1.807) is 10.9 Å². The molecule has 10 nitrogen and oxygen atoms in total. The van der Waals surface area contributed by atoms with Crippen LogP contribution in [-0.2, 0) is 23.0 Å². The fourth-order valence-electron chi connectivity index (χ4n) is 4.68. The highest BCUT2D eigenvalue weighted by Gasteiger charge is 2.15. The molecule has 0 unspecified atom stereocenters. The van der Waals surface area contributed by atoms with E-state index in [0.29, 0.717) is 11.6 Å². The number of nitrogens with zero attached hydrogens (tertiary/aromatic N) is 6. The van der Waals surface area contributed by atoms with Crippen LogP contribution in [0.1, 0.15) is 5.56 Å². The first-order valence-corrected chi connectivity index (χ1v) is 12.5. The first kappa shape index (κ1) is 23.7. The molecule has 6 rings (SSSR count). The molecule has 4 heterocycles. The first-order chi connectivity index (χ1) is 18.6. The van der Waals surface area contributed by atoms with Gasteiger partial charge in [-0.15, -0.1) is 10.2 Å². The molecule has 1 aliphatic heterocycles. The van der Waals surface area contributed by atoms with Gasteiger partial charge in [-0.05, 0) is 48.0 Å². The number of hydrogen-bond donors (Lipinski definition) is 2. The zero-order valence-corrected chi connectivity index (χ0v) is 21.0. The summed E-state index contributed by atoms with van der Waals surface area (Å²) >= 11 is 0. The van der Waals surface area contributed by atoms with Crippen molar-refractivity contribution in [2.24, 2.45) is 7.05 Å². The van der Waals surface area contributed by atoms with Crippen molar-refractivity contribution in [2.45, 2.75) is 6.42 Å². The third-order valence-electron chi connectivity index (χ3n) is 6.65. The van der Waals surface area contributed by atoms with Crippen molar-refractivity contribution in [3.8, 4) is 5.82 Å². The van der Waals surface area contributed by atoms with Crippen LogP contribution in [0.3, 0.4) is 0 Å². The minimum atomic E-state index is -0.0752. The lowest BCUT2D eigenvalue weighted by Gasteiger charge is -2.28. The largest absolute Gasteiger partial charge is 0.378 e. The van der Waals surface area contributed by atoms with Crippen LogP contribution in [0, 0.1) is 0 Å². The fourth-order valence-corrected chi connectivity index (χ4v) is 4.68. The summed E-state index contributed by atoms with van der Waals surface area (Å²) in [6, 6.07) is 21.6. The molecule has 0 bridgehead atoms. The smallest absolute Gasteiger partial charge is 0.228 e. The van der Waals surface area contributed by atoms with Crippen LogP contribution in [0.15, 0.2) is 79.1 Å². The molecule has 3 aromatic heterocycles. The Bertz CT molecular complexity index is 1550. The van der Waals surface area contributed by atoms with Crippen molar-refractivity contribution in [3.63, 3.8) is 0 Å². The molecule has 2 aromatic carbocycles. The first-order valence-electron chi connectivity index (χ1n) is 12.5. The zero-order valence-electron chi connectivity index (χ0n) is 21.0. The summed E-state index contributed by atoms with van der Waals surface area (Å²) in [7, 11) is 1.86. The Morgan fingerprint density at radius 2 is 1.79 bits per heavy atom. The van der Waals surface area contributed by atoms with Gasteiger partial charge in [-0.1, -0.05) is 18.2 Å². The van der Waals surface area contributed by atoms with Crippen molar-refractivity contribution < 1.29 is 9.53 Å². The number of amides is 1. The minimum absolute atomic E-state index is 0.0752. The molecule has 192 valence electrons. The van der Waals surface area contributed by atoms with E-state index in [2.05, 4.69) is 30.8 Å². The van der Waals surface area contributed by atoms with Crippen LogP contribution in [0.25, 0.3) is 16.7 Å². The summed E-state index contributed by atoms with van der Waals surface area (Å²) in [5.41, 5.74) is 3.80. The van der Waals surface area contributed by atoms with E-state index < -0.39 is 0 Å². The van der Waals surface area contributed by atoms with Crippen LogP contribution in [0.2, 0.25) is 0 Å². The van der Waals surface area contributed by atoms with E-state index in [-0.39, 0.29) is 12.3 Å². The van der Waals surface area contributed by atoms with E-state index in [9.17, 15) is 4.79 Å². The molecule has 0 atom stereocenters. The molecule has 38 heavy (non-hydrogen) atoms. The maximum atomic E-state index is 13.0. The molecule has 0 saturated carbocycles. The number of rotatable bonds is 7. The second kappa shape index (κ2) is 10.3. The number of ether oxygens (including phenoxy) is 1. The number of hydrogen-bond acceptors (Lipinski definition) is 7. The molecule has 10 heteroatoms.